The van der Waals surface area contributed by atoms with Crippen LogP contribution in [0.2, 0.25) is 0 Å². The van der Waals surface area contributed by atoms with Gasteiger partial charge in [-0.05, 0) is 60.3 Å². The summed E-state index contributed by atoms with van der Waals surface area (Å²) in [6.07, 6.45) is -21.1. The van der Waals surface area contributed by atoms with E-state index in [1.807, 2.05) is 10.6 Å². The number of rotatable bonds is 22. The van der Waals surface area contributed by atoms with Crippen LogP contribution in [0.4, 0.5) is 0 Å². The molecule has 0 unspecified atom stereocenters. The first-order chi connectivity index (χ1) is 38.6. The Kier molecular flexibility index (Phi) is 18.9. The summed E-state index contributed by atoms with van der Waals surface area (Å²) in [5, 5.41) is 185. The van der Waals surface area contributed by atoms with Gasteiger partial charge >= 0.3 is 11.8 Å². The van der Waals surface area contributed by atoms with Gasteiger partial charge in [0.25, 0.3) is 11.8 Å². The molecule has 4 aromatic rings. The average molecular weight is 1130 g/mol. The van der Waals surface area contributed by atoms with Crippen molar-refractivity contribution < 1.29 is 113 Å². The number of nitrogens with one attached hydrogen (secondary N) is 4. The second kappa shape index (κ2) is 25.3. The van der Waals surface area contributed by atoms with Crippen molar-refractivity contribution in [1.29, 1.82) is 0 Å². The topological polar surface area (TPSA) is 459 Å². The minimum atomic E-state index is -3.64. The maximum Gasteiger partial charge on any atom is 0.303 e. The van der Waals surface area contributed by atoms with Gasteiger partial charge in [-0.15, -0.1) is 0 Å². The highest BCUT2D eigenvalue weighted by Crippen LogP contribution is 2.45. The van der Waals surface area contributed by atoms with Gasteiger partial charge in [-0.2, -0.15) is 0 Å². The van der Waals surface area contributed by atoms with E-state index in [4.69, 9.17) is 12.2 Å². The molecule has 2 saturated heterocycles. The fourth-order valence-corrected chi connectivity index (χ4v) is 9.32. The van der Waals surface area contributed by atoms with Crippen molar-refractivity contribution >= 4 is 35.8 Å². The molecule has 0 radical (unpaired) electrons. The summed E-state index contributed by atoms with van der Waals surface area (Å²) in [5.74, 6) is -12.6. The van der Waals surface area contributed by atoms with E-state index in [-0.39, 0.29) is 22.3 Å². The third-order valence-corrected chi connectivity index (χ3v) is 13.9. The summed E-state index contributed by atoms with van der Waals surface area (Å²) in [6, 6.07) is 25.6. The highest BCUT2D eigenvalue weighted by molar-refractivity contribution is 5.96. The van der Waals surface area contributed by atoms with Gasteiger partial charge in [-0.3, -0.25) is 19.2 Å². The fourth-order valence-electron chi connectivity index (χ4n) is 9.32. The maximum absolute atomic E-state index is 14.0. The van der Waals surface area contributed by atoms with E-state index in [1.165, 1.54) is 109 Å². The predicted octanol–water partition coefficient (Wildman–Crippen LogP) is -5.34. The Hall–Kier alpha value is -6.22. The zero-order valence-electron chi connectivity index (χ0n) is 44.6. The van der Waals surface area contributed by atoms with E-state index in [2.05, 4.69) is 10.6 Å². The molecule has 436 valence electrons. The van der Waals surface area contributed by atoms with E-state index < -0.39 is 172 Å². The van der Waals surface area contributed by atoms with Crippen molar-refractivity contribution in [3.8, 4) is 0 Å². The van der Waals surface area contributed by atoms with E-state index in [9.17, 15) is 101 Å². The second-order valence-electron chi connectivity index (χ2n) is 19.7. The molecule has 26 nitrogen and oxygen atoms in total. The molecule has 16 atom stereocenters. The summed E-state index contributed by atoms with van der Waals surface area (Å²) in [5.41, 5.74) is -12.8. The minimum absolute atomic E-state index is 0.203. The zero-order valence-corrected chi connectivity index (χ0v) is 42.6. The van der Waals surface area contributed by atoms with Crippen LogP contribution in [0.15, 0.2) is 109 Å². The first-order valence-corrected chi connectivity index (χ1v) is 24.8. The lowest BCUT2D eigenvalue weighted by Crippen LogP contribution is -2.88. The average Bonchev–Trinajstić information content (AvgIpc) is 1.95. The Bertz CT molecular complexity index is 2650. The fraction of sp³-hybridized carbons (Fsp3) is 0.444. The van der Waals surface area contributed by atoms with Crippen LogP contribution in [0.1, 0.15) is 72.4 Å². The largest absolute Gasteiger partial charge is 0.394 e. The number of benzene rings is 4. The normalized spacial score (nSPS) is 31.3. The van der Waals surface area contributed by atoms with Crippen molar-refractivity contribution in [1.82, 2.24) is 21.3 Å². The summed E-state index contributed by atoms with van der Waals surface area (Å²) < 4.78 is 25.3. The third-order valence-electron chi connectivity index (χ3n) is 13.9. The molecule has 4 amide bonds. The number of carbonyl (C=O) groups excluding carboxylic acids is 4. The van der Waals surface area contributed by atoms with Gasteiger partial charge in [0.1, 0.15) is 36.6 Å². The molecular weight excluding hydrogens is 1060 g/mol. The van der Waals surface area contributed by atoms with Crippen LogP contribution < -0.4 is 21.3 Å². The number of hydrogen-bond donors (Lipinski definition) is 20. The van der Waals surface area contributed by atoms with Gasteiger partial charge in [-0.25, -0.2) is 0 Å². The number of carbonyl (C=O) groups is 4. The number of hydrogen-bond acceptors (Lipinski definition) is 22. The van der Waals surface area contributed by atoms with Crippen molar-refractivity contribution in [2.45, 2.75) is 135 Å². The summed E-state index contributed by atoms with van der Waals surface area (Å²) in [7, 11) is 0. The Labute approximate surface area is 459 Å². The highest BCUT2D eigenvalue weighted by atomic mass is 16.7. The van der Waals surface area contributed by atoms with Crippen molar-refractivity contribution in [3.05, 3.63) is 143 Å². The maximum atomic E-state index is 14.0. The first kappa shape index (κ1) is 59.9. The molecular formula is C54H68N4O22. The third kappa shape index (κ3) is 12.9. The van der Waals surface area contributed by atoms with E-state index in [0.29, 0.717) is 11.1 Å². The molecule has 2 aliphatic rings. The molecule has 2 fully saturated rings. The SMILES string of the molecule is [2H]C[C@@H](O)[C@@H](O)[C@H](O)CC(=O)N[C@]1(O)O[C@H](CO)[C@@H](O)[C@@](O)(Cc2ccccc2)[C@]1(O)NC(=O)c1ccc(/C=C\c2ccc(C(=O)N[C@]3(O)[C@](O)(NC(=O)C[C@@H](O)[C@H](O)[C@H](O)C[2H])O[C@H](CO)[C@@H](O)[C@@]3(O)Cc3ccccc3)cc2)cc1. The quantitative estimate of drug-likeness (QED) is 0.0258. The molecule has 4 aromatic carbocycles. The molecule has 0 aliphatic carbocycles. The van der Waals surface area contributed by atoms with Crippen LogP contribution >= 0.6 is 0 Å². The number of aliphatic hydroxyl groups excluding tert-OH is 10. The van der Waals surface area contributed by atoms with Gasteiger partial charge in [0, 0.05) is 26.7 Å². The lowest BCUT2D eigenvalue weighted by Gasteiger charge is -2.58. The van der Waals surface area contributed by atoms with Gasteiger partial charge < -0.3 is 112 Å². The van der Waals surface area contributed by atoms with Crippen LogP contribution in [0.3, 0.4) is 0 Å². The lowest BCUT2D eigenvalue weighted by molar-refractivity contribution is -0.428. The molecule has 2 aliphatic heterocycles. The molecule has 20 N–H and O–H groups in total. The smallest absolute Gasteiger partial charge is 0.303 e. The molecule has 26 heteroatoms. The minimum Gasteiger partial charge on any atom is -0.394 e. The second-order valence-corrected chi connectivity index (χ2v) is 19.7. The molecule has 80 heavy (non-hydrogen) atoms. The highest BCUT2D eigenvalue weighted by Gasteiger charge is 2.75. The van der Waals surface area contributed by atoms with Gasteiger partial charge in [-0.1, -0.05) is 97.1 Å². The summed E-state index contributed by atoms with van der Waals surface area (Å²) in [4.78, 5) is 54.7. The number of aliphatic hydroxyl groups is 16. The number of amides is 4. The van der Waals surface area contributed by atoms with Gasteiger partial charge in [0.2, 0.25) is 23.3 Å². The summed E-state index contributed by atoms with van der Waals surface area (Å²) in [6.45, 7) is -3.82. The molecule has 0 aromatic heterocycles. The Morgan fingerprint density at radius 1 is 0.525 bits per heavy atom. The van der Waals surface area contributed by atoms with Crippen molar-refractivity contribution in [2.75, 3.05) is 13.2 Å². The Balaban J connectivity index is 1.24. The Morgan fingerprint density at radius 3 is 1.15 bits per heavy atom. The van der Waals surface area contributed by atoms with Crippen LogP contribution in [-0.2, 0) is 31.9 Å². The number of ether oxygens (including phenoxy) is 2. The van der Waals surface area contributed by atoms with Crippen LogP contribution in [0.5, 0.6) is 0 Å². The first-order valence-electron chi connectivity index (χ1n) is 26.2. The van der Waals surface area contributed by atoms with Gasteiger partial charge in [0.15, 0.2) is 11.2 Å². The van der Waals surface area contributed by atoms with E-state index in [1.54, 1.807) is 12.1 Å². The molecule has 0 saturated carbocycles. The predicted molar refractivity (Wildman–Crippen MR) is 276 cm³/mol. The molecule has 0 spiro atoms. The molecule has 2 heterocycles. The lowest BCUT2D eigenvalue weighted by atomic mass is 9.73. The zero-order chi connectivity index (χ0) is 60.6. The standard InChI is InChI=1S/C54H68N4O22/c1-29(61)43(67)37(63)23-41(65)55-53(77)51(75,49(73,45(69)39(27-59)79-53)25-33-9-5-3-6-10-33)57-47(71)35-19-15-31(16-20-35)13-14-32-17-21-36(22-18-32)48(72)58-52(76)50(74,26-34-11-7-4-8-12-34)46(70)40(28-60)80-54(52,78)56-42(66)24-38(64)44(68)30(2)62/h3-22,29-30,37-40,43-46,59-64,67-70,73-78H,23-28H2,1-2H3,(H,55,65)(H,56,66)(H,57,71)(H,58,72)/b14-13-/t29-,30-,37-,38-,39-,40-,43-,44-,45-,46-,49+,50+,51-,52-,53-,54-/m1/s1/i1D,2D. The van der Waals surface area contributed by atoms with Crippen LogP contribution in [-0.4, -0.2) is 214 Å². The van der Waals surface area contributed by atoms with Crippen LogP contribution in [0.25, 0.3) is 12.2 Å². The summed E-state index contributed by atoms with van der Waals surface area (Å²) >= 11 is 0. The molecule has 0 bridgehead atoms. The van der Waals surface area contributed by atoms with Gasteiger partial charge in [0.05, 0.1) is 50.5 Å². The van der Waals surface area contributed by atoms with E-state index in [0.717, 1.165) is 0 Å². The monoisotopic (exact) mass is 1130 g/mol. The van der Waals surface area contributed by atoms with E-state index >= 15 is 0 Å². The molecule has 6 rings (SSSR count). The van der Waals surface area contributed by atoms with Crippen LogP contribution in [0, 0.1) is 0 Å². The Morgan fingerprint density at radius 2 is 0.850 bits per heavy atom. The van der Waals surface area contributed by atoms with Crippen molar-refractivity contribution in [3.63, 3.8) is 0 Å². The van der Waals surface area contributed by atoms with Crippen molar-refractivity contribution in [2.24, 2.45) is 0 Å².